The Morgan fingerprint density at radius 3 is 2.67 bits per heavy atom. The molecule has 0 N–H and O–H groups in total. The molecule has 0 aromatic heterocycles. The van der Waals surface area contributed by atoms with Crippen LogP contribution in [0.3, 0.4) is 0 Å². The van der Waals surface area contributed by atoms with Gasteiger partial charge in [-0.05, 0) is 30.5 Å². The van der Waals surface area contributed by atoms with Crippen molar-refractivity contribution in [3.05, 3.63) is 27.7 Å². The molecule has 0 saturated carbocycles. The number of benzene rings is 1. The van der Waals surface area contributed by atoms with Gasteiger partial charge >= 0.3 is 5.97 Å². The lowest BCUT2D eigenvalue weighted by Gasteiger charge is -2.13. The van der Waals surface area contributed by atoms with E-state index in [2.05, 4.69) is 4.74 Å². The minimum absolute atomic E-state index is 0.271. The van der Waals surface area contributed by atoms with Gasteiger partial charge in [0.1, 0.15) is 5.75 Å². The molecule has 1 rings (SSSR count). The summed E-state index contributed by atoms with van der Waals surface area (Å²) >= 11 is 12.0. The molecule has 18 heavy (non-hydrogen) atoms. The summed E-state index contributed by atoms with van der Waals surface area (Å²) in [6, 6.07) is 3.40. The van der Waals surface area contributed by atoms with E-state index in [0.717, 1.165) is 12.0 Å². The number of hydrogen-bond acceptors (Lipinski definition) is 3. The van der Waals surface area contributed by atoms with Gasteiger partial charge in [-0.25, -0.2) is 0 Å². The van der Waals surface area contributed by atoms with Gasteiger partial charge in [-0.1, -0.05) is 30.1 Å². The summed E-state index contributed by atoms with van der Waals surface area (Å²) in [7, 11) is 1.36. The molecule has 0 aliphatic heterocycles. The molecule has 0 unspecified atom stereocenters. The predicted octanol–water partition coefficient (Wildman–Crippen LogP) is 3.89. The highest BCUT2D eigenvalue weighted by Crippen LogP contribution is 2.33. The third-order valence-electron chi connectivity index (χ3n) is 2.36. The Kier molecular flexibility index (Phi) is 6.30. The Labute approximate surface area is 117 Å². The van der Waals surface area contributed by atoms with E-state index in [-0.39, 0.29) is 12.4 Å². The van der Waals surface area contributed by atoms with Gasteiger partial charge in [0.15, 0.2) is 0 Å². The fraction of sp³-hybridized carbons (Fsp3) is 0.462. The van der Waals surface area contributed by atoms with E-state index in [4.69, 9.17) is 27.9 Å². The quantitative estimate of drug-likeness (QED) is 0.746. The summed E-state index contributed by atoms with van der Waals surface area (Å²) in [6.45, 7) is 2.59. The van der Waals surface area contributed by atoms with Crippen LogP contribution in [0.5, 0.6) is 5.75 Å². The Morgan fingerprint density at radius 1 is 1.33 bits per heavy atom. The van der Waals surface area contributed by atoms with Gasteiger partial charge in [-0.3, -0.25) is 4.79 Å². The second-order valence-corrected chi connectivity index (χ2v) is 4.64. The normalized spacial score (nSPS) is 10.2. The van der Waals surface area contributed by atoms with Gasteiger partial charge in [0.25, 0.3) is 0 Å². The van der Waals surface area contributed by atoms with Crippen LogP contribution in [0.2, 0.25) is 10.0 Å². The van der Waals surface area contributed by atoms with Crippen LogP contribution >= 0.6 is 23.2 Å². The number of carbonyl (C=O) groups excluding carboxylic acids is 1. The van der Waals surface area contributed by atoms with E-state index in [1.54, 1.807) is 12.1 Å². The summed E-state index contributed by atoms with van der Waals surface area (Å²) < 4.78 is 10.2. The van der Waals surface area contributed by atoms with Gasteiger partial charge in [0, 0.05) is 11.4 Å². The number of halogens is 2. The third-order valence-corrected chi connectivity index (χ3v) is 2.86. The second-order valence-electron chi connectivity index (χ2n) is 3.80. The average Bonchev–Trinajstić information content (AvgIpc) is 2.34. The molecule has 0 spiro atoms. The standard InChI is InChI=1S/C13H16Cl2O3/c1-3-6-18-13-9(4-5-12(16)17-2)7-10(14)8-11(13)15/h7-8H,3-6H2,1-2H3. The molecule has 0 aliphatic carbocycles. The SMILES string of the molecule is CCCOc1c(Cl)cc(Cl)cc1CCC(=O)OC. The van der Waals surface area contributed by atoms with Crippen molar-refractivity contribution in [1.82, 2.24) is 0 Å². The van der Waals surface area contributed by atoms with Crippen molar-refractivity contribution in [1.29, 1.82) is 0 Å². The number of hydrogen-bond donors (Lipinski definition) is 0. The molecule has 100 valence electrons. The molecule has 0 radical (unpaired) electrons. The Hall–Kier alpha value is -0.930. The zero-order chi connectivity index (χ0) is 13.5. The van der Waals surface area contributed by atoms with E-state index in [9.17, 15) is 4.79 Å². The fourth-order valence-electron chi connectivity index (χ4n) is 1.50. The highest BCUT2D eigenvalue weighted by atomic mass is 35.5. The van der Waals surface area contributed by atoms with Crippen LogP contribution in [0.4, 0.5) is 0 Å². The van der Waals surface area contributed by atoms with Crippen molar-refractivity contribution in [3.63, 3.8) is 0 Å². The molecule has 0 fully saturated rings. The van der Waals surface area contributed by atoms with Crippen molar-refractivity contribution < 1.29 is 14.3 Å². The van der Waals surface area contributed by atoms with Crippen molar-refractivity contribution in [3.8, 4) is 5.75 Å². The maximum Gasteiger partial charge on any atom is 0.305 e. The summed E-state index contributed by atoms with van der Waals surface area (Å²) in [5.74, 6) is 0.333. The van der Waals surface area contributed by atoms with Gasteiger partial charge < -0.3 is 9.47 Å². The van der Waals surface area contributed by atoms with Crippen LogP contribution in [-0.4, -0.2) is 19.7 Å². The van der Waals surface area contributed by atoms with Gasteiger partial charge in [0.05, 0.1) is 18.7 Å². The number of esters is 1. The summed E-state index contributed by atoms with van der Waals surface area (Å²) in [5.41, 5.74) is 0.825. The molecule has 0 atom stereocenters. The second kappa shape index (κ2) is 7.49. The molecular formula is C13H16Cl2O3. The molecule has 3 nitrogen and oxygen atoms in total. The zero-order valence-corrected chi connectivity index (χ0v) is 12.0. The molecule has 1 aromatic carbocycles. The summed E-state index contributed by atoms with van der Waals surface area (Å²) in [5, 5.41) is 1.000. The Morgan fingerprint density at radius 2 is 2.06 bits per heavy atom. The van der Waals surface area contributed by atoms with Crippen LogP contribution in [0.25, 0.3) is 0 Å². The first-order chi connectivity index (χ1) is 8.58. The van der Waals surface area contributed by atoms with E-state index in [1.807, 2.05) is 6.92 Å². The Bertz CT molecular complexity index is 419. The number of rotatable bonds is 6. The number of carbonyl (C=O) groups is 1. The first-order valence-electron chi connectivity index (χ1n) is 5.76. The summed E-state index contributed by atoms with van der Waals surface area (Å²) in [6.07, 6.45) is 1.65. The van der Waals surface area contributed by atoms with E-state index in [0.29, 0.717) is 28.8 Å². The first kappa shape index (κ1) is 15.1. The molecule has 0 bridgehead atoms. The average molecular weight is 291 g/mol. The van der Waals surface area contributed by atoms with Crippen LogP contribution in [0.1, 0.15) is 25.3 Å². The molecule has 0 saturated heterocycles. The van der Waals surface area contributed by atoms with Crippen molar-refractivity contribution >= 4 is 29.2 Å². The monoisotopic (exact) mass is 290 g/mol. The third kappa shape index (κ3) is 4.39. The van der Waals surface area contributed by atoms with Crippen LogP contribution in [0, 0.1) is 0 Å². The molecule has 1 aromatic rings. The number of methoxy groups -OCH3 is 1. The van der Waals surface area contributed by atoms with Gasteiger partial charge in [0.2, 0.25) is 0 Å². The van der Waals surface area contributed by atoms with Crippen LogP contribution < -0.4 is 4.74 Å². The zero-order valence-electron chi connectivity index (χ0n) is 10.5. The molecule has 0 aliphatic rings. The van der Waals surface area contributed by atoms with Crippen LogP contribution in [0.15, 0.2) is 12.1 Å². The fourth-order valence-corrected chi connectivity index (χ4v) is 2.09. The van der Waals surface area contributed by atoms with Crippen LogP contribution in [-0.2, 0) is 16.0 Å². The van der Waals surface area contributed by atoms with Crippen molar-refractivity contribution in [2.75, 3.05) is 13.7 Å². The van der Waals surface area contributed by atoms with E-state index < -0.39 is 0 Å². The molecule has 0 amide bonds. The Balaban J connectivity index is 2.88. The highest BCUT2D eigenvalue weighted by Gasteiger charge is 2.12. The van der Waals surface area contributed by atoms with E-state index >= 15 is 0 Å². The van der Waals surface area contributed by atoms with E-state index in [1.165, 1.54) is 7.11 Å². The molecule has 0 heterocycles. The smallest absolute Gasteiger partial charge is 0.305 e. The number of aryl methyl sites for hydroxylation is 1. The first-order valence-corrected chi connectivity index (χ1v) is 6.51. The number of ether oxygens (including phenoxy) is 2. The van der Waals surface area contributed by atoms with Gasteiger partial charge in [-0.15, -0.1) is 0 Å². The minimum Gasteiger partial charge on any atom is -0.492 e. The lowest BCUT2D eigenvalue weighted by atomic mass is 10.1. The summed E-state index contributed by atoms with van der Waals surface area (Å²) in [4.78, 5) is 11.2. The topological polar surface area (TPSA) is 35.5 Å². The van der Waals surface area contributed by atoms with Crippen molar-refractivity contribution in [2.45, 2.75) is 26.2 Å². The lowest BCUT2D eigenvalue weighted by Crippen LogP contribution is -2.05. The lowest BCUT2D eigenvalue weighted by molar-refractivity contribution is -0.140. The minimum atomic E-state index is -0.271. The van der Waals surface area contributed by atoms with Gasteiger partial charge in [-0.2, -0.15) is 0 Å². The molecular weight excluding hydrogens is 275 g/mol. The molecule has 5 heteroatoms. The highest BCUT2D eigenvalue weighted by molar-refractivity contribution is 6.35. The largest absolute Gasteiger partial charge is 0.492 e. The van der Waals surface area contributed by atoms with Crippen molar-refractivity contribution in [2.24, 2.45) is 0 Å². The maximum absolute atomic E-state index is 11.2. The maximum atomic E-state index is 11.2. The predicted molar refractivity (Wildman–Crippen MR) is 72.6 cm³/mol.